The first-order valence-electron chi connectivity index (χ1n) is 8.63. The van der Waals surface area contributed by atoms with Crippen LogP contribution in [0.1, 0.15) is 49.4 Å². The molecular formula is C18H24N2O3S. The van der Waals surface area contributed by atoms with E-state index in [4.69, 9.17) is 5.11 Å². The van der Waals surface area contributed by atoms with E-state index in [9.17, 15) is 9.59 Å². The third kappa shape index (κ3) is 3.92. The molecule has 130 valence electrons. The summed E-state index contributed by atoms with van der Waals surface area (Å²) in [5, 5.41) is 12.2. The number of rotatable bonds is 5. The van der Waals surface area contributed by atoms with Gasteiger partial charge in [0.1, 0.15) is 0 Å². The minimum Gasteiger partial charge on any atom is -0.478 e. The fourth-order valence-electron chi connectivity index (χ4n) is 3.54. The van der Waals surface area contributed by atoms with Crippen LogP contribution < -0.4 is 5.32 Å². The second-order valence-electron chi connectivity index (χ2n) is 6.74. The van der Waals surface area contributed by atoms with Crippen molar-refractivity contribution >= 4 is 23.8 Å². The van der Waals surface area contributed by atoms with Crippen LogP contribution in [0.2, 0.25) is 0 Å². The van der Waals surface area contributed by atoms with Gasteiger partial charge in [-0.3, -0.25) is 4.79 Å². The number of hydrogen-bond donors (Lipinski definition) is 2. The van der Waals surface area contributed by atoms with Crippen molar-refractivity contribution in [2.75, 3.05) is 6.54 Å². The Bertz CT molecular complexity index is 605. The molecule has 1 aromatic rings. The summed E-state index contributed by atoms with van der Waals surface area (Å²) in [5.41, 5.74) is 0.283. The van der Waals surface area contributed by atoms with Crippen LogP contribution in [-0.2, 0) is 4.79 Å². The van der Waals surface area contributed by atoms with Crippen LogP contribution in [0.4, 0.5) is 0 Å². The molecule has 5 nitrogen and oxygen atoms in total. The molecular weight excluding hydrogens is 324 g/mol. The lowest BCUT2D eigenvalue weighted by Gasteiger charge is -2.25. The van der Waals surface area contributed by atoms with E-state index in [1.54, 1.807) is 36.2 Å². The van der Waals surface area contributed by atoms with Gasteiger partial charge in [0, 0.05) is 17.5 Å². The maximum Gasteiger partial charge on any atom is 0.335 e. The first-order valence-corrected chi connectivity index (χ1v) is 9.40. The minimum atomic E-state index is -0.921. The third-order valence-corrected chi connectivity index (χ3v) is 6.17. The molecule has 2 fully saturated rings. The molecule has 3 rings (SSSR count). The highest BCUT2D eigenvalue weighted by Crippen LogP contribution is 2.32. The number of carbonyl (C=O) groups is 2. The monoisotopic (exact) mass is 348 g/mol. The van der Waals surface area contributed by atoms with Crippen LogP contribution in [0.5, 0.6) is 0 Å². The van der Waals surface area contributed by atoms with Crippen LogP contribution in [0.3, 0.4) is 0 Å². The number of benzene rings is 1. The number of aromatic carboxylic acids is 1. The Morgan fingerprint density at radius 1 is 1.17 bits per heavy atom. The van der Waals surface area contributed by atoms with Gasteiger partial charge in [-0.25, -0.2) is 9.10 Å². The van der Waals surface area contributed by atoms with E-state index in [0.29, 0.717) is 12.0 Å². The van der Waals surface area contributed by atoms with Crippen molar-refractivity contribution < 1.29 is 14.7 Å². The molecule has 3 atom stereocenters. The fourth-order valence-corrected chi connectivity index (χ4v) is 4.62. The molecule has 0 spiro atoms. The van der Waals surface area contributed by atoms with Gasteiger partial charge in [0.25, 0.3) is 0 Å². The van der Waals surface area contributed by atoms with Gasteiger partial charge in [0.2, 0.25) is 5.91 Å². The second kappa shape index (κ2) is 7.57. The number of nitrogens with zero attached hydrogens (tertiary/aromatic N) is 1. The lowest BCUT2D eigenvalue weighted by Crippen LogP contribution is -2.45. The molecule has 2 unspecified atom stereocenters. The van der Waals surface area contributed by atoms with Gasteiger partial charge >= 0.3 is 5.97 Å². The van der Waals surface area contributed by atoms with Crippen LogP contribution in [0, 0.1) is 5.92 Å². The van der Waals surface area contributed by atoms with E-state index in [0.717, 1.165) is 30.7 Å². The number of hydrogen-bond acceptors (Lipinski definition) is 4. The molecule has 1 saturated carbocycles. The molecule has 1 aliphatic heterocycles. The maximum atomic E-state index is 12.6. The highest BCUT2D eigenvalue weighted by atomic mass is 32.2. The highest BCUT2D eigenvalue weighted by Gasteiger charge is 2.34. The van der Waals surface area contributed by atoms with Gasteiger partial charge in [-0.1, -0.05) is 13.3 Å². The average Bonchev–Trinajstić information content (AvgIpc) is 3.17. The van der Waals surface area contributed by atoms with Gasteiger partial charge in [0.15, 0.2) is 0 Å². The lowest BCUT2D eigenvalue weighted by molar-refractivity contribution is -0.125. The molecule has 1 amide bonds. The summed E-state index contributed by atoms with van der Waals surface area (Å²) in [6.45, 7) is 3.09. The van der Waals surface area contributed by atoms with Gasteiger partial charge in [-0.15, -0.1) is 0 Å². The standard InChI is InChI=1S/C18H24N2O3S/c1-12-4-2-5-15(12)19-17(21)16-6-3-11-20(16)24-14-9-7-13(8-10-14)18(22)23/h7-10,12,15-16H,2-6,11H2,1H3,(H,19,21)(H,22,23)/t12?,15?,16-/m1/s1. The molecule has 24 heavy (non-hydrogen) atoms. The van der Waals surface area contributed by atoms with Crippen molar-refractivity contribution in [3.8, 4) is 0 Å². The molecule has 2 N–H and O–H groups in total. The quantitative estimate of drug-likeness (QED) is 0.800. The Kier molecular flexibility index (Phi) is 5.46. The first kappa shape index (κ1) is 17.3. The summed E-state index contributed by atoms with van der Waals surface area (Å²) in [7, 11) is 0. The van der Waals surface area contributed by atoms with Crippen molar-refractivity contribution in [1.29, 1.82) is 0 Å². The molecule has 6 heteroatoms. The Morgan fingerprint density at radius 3 is 2.54 bits per heavy atom. The van der Waals surface area contributed by atoms with Gasteiger partial charge < -0.3 is 10.4 Å². The lowest BCUT2D eigenvalue weighted by atomic mass is 10.1. The molecule has 1 aliphatic carbocycles. The third-order valence-electron chi connectivity index (χ3n) is 5.02. The number of nitrogens with one attached hydrogen (secondary N) is 1. The molecule has 0 aromatic heterocycles. The fraction of sp³-hybridized carbons (Fsp3) is 0.556. The van der Waals surface area contributed by atoms with Gasteiger partial charge in [0.05, 0.1) is 11.6 Å². The SMILES string of the molecule is CC1CCCC1NC(=O)[C@H]1CCCN1Sc1ccc(C(=O)O)cc1. The van der Waals surface area contributed by atoms with Crippen LogP contribution in [0.25, 0.3) is 0 Å². The second-order valence-corrected chi connectivity index (χ2v) is 7.87. The highest BCUT2D eigenvalue weighted by molar-refractivity contribution is 7.97. The van der Waals surface area contributed by atoms with Crippen LogP contribution in [-0.4, -0.2) is 39.9 Å². The summed E-state index contributed by atoms with van der Waals surface area (Å²) in [6, 6.07) is 7.05. The van der Waals surface area contributed by atoms with E-state index < -0.39 is 5.97 Å². The Hall–Kier alpha value is -1.53. The number of amides is 1. The Balaban J connectivity index is 1.60. The van der Waals surface area contributed by atoms with Gasteiger partial charge in [-0.05, 0) is 67.8 Å². The van der Waals surface area contributed by atoms with E-state index in [1.807, 2.05) is 0 Å². The molecule has 1 heterocycles. The minimum absolute atomic E-state index is 0.0954. The average molecular weight is 348 g/mol. The predicted octanol–water partition coefficient (Wildman–Crippen LogP) is 3.16. The largest absolute Gasteiger partial charge is 0.478 e. The Labute approximate surface area is 146 Å². The van der Waals surface area contributed by atoms with Crippen molar-refractivity contribution in [3.63, 3.8) is 0 Å². The summed E-state index contributed by atoms with van der Waals surface area (Å²) >= 11 is 1.55. The van der Waals surface area contributed by atoms with Crippen molar-refractivity contribution in [2.45, 2.75) is 56.0 Å². The van der Waals surface area contributed by atoms with E-state index in [2.05, 4.69) is 16.5 Å². The van der Waals surface area contributed by atoms with E-state index in [1.165, 1.54) is 12.8 Å². The molecule has 0 radical (unpaired) electrons. The topological polar surface area (TPSA) is 69.6 Å². The first-order chi connectivity index (χ1) is 11.5. The molecule has 1 saturated heterocycles. The zero-order chi connectivity index (χ0) is 17.1. The van der Waals surface area contributed by atoms with Crippen molar-refractivity contribution in [2.24, 2.45) is 5.92 Å². The smallest absolute Gasteiger partial charge is 0.335 e. The molecule has 2 aliphatic rings. The molecule has 0 bridgehead atoms. The summed E-state index contributed by atoms with van der Waals surface area (Å²) in [6.07, 6.45) is 5.38. The summed E-state index contributed by atoms with van der Waals surface area (Å²) in [5.74, 6) is -0.211. The van der Waals surface area contributed by atoms with Crippen molar-refractivity contribution in [3.05, 3.63) is 29.8 Å². The zero-order valence-corrected chi connectivity index (χ0v) is 14.7. The van der Waals surface area contributed by atoms with Crippen LogP contribution in [0.15, 0.2) is 29.2 Å². The number of carboxylic acid groups (broad SMARTS) is 1. The predicted molar refractivity (Wildman–Crippen MR) is 93.9 cm³/mol. The summed E-state index contributed by atoms with van der Waals surface area (Å²) < 4.78 is 2.13. The van der Waals surface area contributed by atoms with Crippen LogP contribution >= 0.6 is 11.9 Å². The normalized spacial score (nSPS) is 27.3. The summed E-state index contributed by atoms with van der Waals surface area (Å²) in [4.78, 5) is 24.5. The van der Waals surface area contributed by atoms with Gasteiger partial charge in [-0.2, -0.15) is 0 Å². The van der Waals surface area contributed by atoms with E-state index >= 15 is 0 Å². The molecule has 1 aromatic carbocycles. The Morgan fingerprint density at radius 2 is 1.92 bits per heavy atom. The number of carboxylic acids is 1. The van der Waals surface area contributed by atoms with E-state index in [-0.39, 0.29) is 17.5 Å². The maximum absolute atomic E-state index is 12.6. The zero-order valence-electron chi connectivity index (χ0n) is 13.9. The van der Waals surface area contributed by atoms with Crippen molar-refractivity contribution in [1.82, 2.24) is 9.62 Å². The number of carbonyl (C=O) groups excluding carboxylic acids is 1.